The number of aryl methyl sites for hydroxylation is 1. The van der Waals surface area contributed by atoms with E-state index in [2.05, 4.69) is 28.0 Å². The highest BCUT2D eigenvalue weighted by molar-refractivity contribution is 5.74. The molecule has 0 bridgehead atoms. The number of nitrogens with zero attached hydrogens (tertiary/aromatic N) is 4. The van der Waals surface area contributed by atoms with Gasteiger partial charge in [0.15, 0.2) is 11.5 Å². The van der Waals surface area contributed by atoms with Gasteiger partial charge in [-0.05, 0) is 43.2 Å². The summed E-state index contributed by atoms with van der Waals surface area (Å²) >= 11 is 0. The molecule has 2 fully saturated rings. The van der Waals surface area contributed by atoms with Crippen molar-refractivity contribution in [2.75, 3.05) is 25.1 Å². The Morgan fingerprint density at radius 1 is 1.19 bits per heavy atom. The first-order valence-corrected chi connectivity index (χ1v) is 11.3. The lowest BCUT2D eigenvalue weighted by Crippen LogP contribution is -2.56. The van der Waals surface area contributed by atoms with Gasteiger partial charge in [-0.2, -0.15) is 0 Å². The number of hydrogen-bond donors (Lipinski definition) is 1. The summed E-state index contributed by atoms with van der Waals surface area (Å²) in [5.74, 6) is -0.263. The maximum atomic E-state index is 11.7. The minimum atomic E-state index is -0.938. The van der Waals surface area contributed by atoms with Crippen LogP contribution in [-0.4, -0.2) is 45.9 Å². The van der Waals surface area contributed by atoms with Crippen molar-refractivity contribution in [2.45, 2.75) is 39.2 Å². The molecule has 4 unspecified atom stereocenters. The van der Waals surface area contributed by atoms with Crippen LogP contribution in [0.3, 0.4) is 0 Å². The number of carbonyl (C=O) groups is 1. The van der Waals surface area contributed by atoms with Crippen molar-refractivity contribution in [3.8, 4) is 0 Å². The zero-order chi connectivity index (χ0) is 22.9. The summed E-state index contributed by atoms with van der Waals surface area (Å²) in [6.07, 6.45) is 3.82. The van der Waals surface area contributed by atoms with Gasteiger partial charge in [-0.25, -0.2) is 9.50 Å². The Labute approximate surface area is 189 Å². The molecule has 2 aliphatic rings. The number of carboxylic acids is 1. The number of carboxylic acid groups (broad SMARTS) is 1. The van der Waals surface area contributed by atoms with E-state index in [-0.39, 0.29) is 5.92 Å². The third kappa shape index (κ3) is 3.97. The first-order valence-electron chi connectivity index (χ1n) is 11.3. The highest BCUT2D eigenvalue weighted by atomic mass is 16.5. The van der Waals surface area contributed by atoms with Gasteiger partial charge in [0.05, 0.1) is 17.8 Å². The Kier molecular flexibility index (Phi) is 6.20. The third-order valence-corrected chi connectivity index (χ3v) is 6.76. The number of fused-ring (bicyclic) bond motifs is 1. The summed E-state index contributed by atoms with van der Waals surface area (Å²) in [7, 11) is 1.55. The van der Waals surface area contributed by atoms with Gasteiger partial charge in [0.2, 0.25) is 0 Å². The molecule has 1 saturated heterocycles. The molecule has 3 aromatic rings. The van der Waals surface area contributed by atoms with Gasteiger partial charge in [0.25, 0.3) is 0 Å². The van der Waals surface area contributed by atoms with Crippen LogP contribution in [0.2, 0.25) is 0 Å². The smallest absolute Gasteiger partial charge is 0.310 e. The number of ether oxygens (including phenoxy) is 1. The minimum Gasteiger partial charge on any atom is -0.481 e. The number of methoxy groups -OCH3 is 1. The molecule has 170 valence electrons. The number of pyridine rings is 1. The van der Waals surface area contributed by atoms with Crippen LogP contribution in [0.4, 0.5) is 5.69 Å². The number of aromatic nitrogens is 3. The van der Waals surface area contributed by atoms with Crippen LogP contribution >= 0.6 is 0 Å². The summed E-state index contributed by atoms with van der Waals surface area (Å²) in [6, 6.07) is 14.1. The Hall–Kier alpha value is -2.93. The van der Waals surface area contributed by atoms with Crippen molar-refractivity contribution >= 4 is 17.3 Å². The van der Waals surface area contributed by atoms with Gasteiger partial charge in [-0.1, -0.05) is 50.2 Å². The van der Waals surface area contributed by atoms with E-state index in [9.17, 15) is 9.90 Å². The predicted octanol–water partition coefficient (Wildman–Crippen LogP) is 4.15. The lowest BCUT2D eigenvalue weighted by Gasteiger charge is -2.48. The van der Waals surface area contributed by atoms with E-state index >= 15 is 0 Å². The first-order chi connectivity index (χ1) is 15.4. The summed E-state index contributed by atoms with van der Waals surface area (Å²) in [5, 5.41) is 14.3. The largest absolute Gasteiger partial charge is 0.481 e. The van der Waals surface area contributed by atoms with E-state index in [0.29, 0.717) is 18.2 Å². The van der Waals surface area contributed by atoms with Crippen molar-refractivity contribution < 1.29 is 14.6 Å². The fraction of sp³-hybridized carbons (Fsp3) is 0.480. The van der Waals surface area contributed by atoms with Gasteiger partial charge >= 0.3 is 5.97 Å². The molecule has 32 heavy (non-hydrogen) atoms. The molecule has 1 saturated carbocycles. The zero-order valence-corrected chi connectivity index (χ0v) is 19.2. The van der Waals surface area contributed by atoms with Gasteiger partial charge in [-0.15, -0.1) is 5.10 Å². The molecule has 0 spiro atoms. The third-order valence-electron chi connectivity index (χ3n) is 6.76. The lowest BCUT2D eigenvalue weighted by atomic mass is 9.61. The molecule has 4 atom stereocenters. The Morgan fingerprint density at radius 3 is 2.34 bits per heavy atom. The topological polar surface area (TPSA) is 80.0 Å². The maximum absolute atomic E-state index is 11.7. The summed E-state index contributed by atoms with van der Waals surface area (Å²) in [5.41, 5.74) is 1.99. The molecule has 0 amide bonds. The normalized spacial score (nSPS) is 27.0. The number of benzene rings is 1. The molecular formula is C25H32N4O3. The average molecular weight is 437 g/mol. The first kappa shape index (κ1) is 22.3. The molecule has 5 rings (SSSR count). The van der Waals surface area contributed by atoms with Crippen LogP contribution in [0.25, 0.3) is 5.65 Å². The van der Waals surface area contributed by atoms with Crippen molar-refractivity contribution in [2.24, 2.45) is 17.8 Å². The molecule has 3 heterocycles. The second kappa shape index (κ2) is 8.90. The second-order valence-electron chi connectivity index (χ2n) is 9.17. The van der Waals surface area contributed by atoms with Crippen LogP contribution in [0, 0.1) is 24.7 Å². The van der Waals surface area contributed by atoms with Gasteiger partial charge in [-0.3, -0.25) is 4.79 Å². The number of aliphatic carboxylic acids is 1. The Balaban J connectivity index is 0.000000354. The molecule has 1 aliphatic carbocycles. The van der Waals surface area contributed by atoms with Crippen LogP contribution < -0.4 is 4.90 Å². The van der Waals surface area contributed by atoms with Crippen molar-refractivity contribution in [1.82, 2.24) is 14.6 Å². The fourth-order valence-corrected chi connectivity index (χ4v) is 5.03. The summed E-state index contributed by atoms with van der Waals surface area (Å²) in [4.78, 5) is 18.8. The van der Waals surface area contributed by atoms with Gasteiger partial charge < -0.3 is 14.7 Å². The highest BCUT2D eigenvalue weighted by Gasteiger charge is 2.60. The predicted molar refractivity (Wildman–Crippen MR) is 124 cm³/mol. The Morgan fingerprint density at radius 2 is 1.84 bits per heavy atom. The van der Waals surface area contributed by atoms with Gasteiger partial charge in [0.1, 0.15) is 5.60 Å². The molecular weight excluding hydrogens is 404 g/mol. The van der Waals surface area contributed by atoms with E-state index < -0.39 is 17.5 Å². The Bertz CT molecular complexity index is 1060. The molecule has 7 nitrogen and oxygen atoms in total. The molecule has 1 aliphatic heterocycles. The van der Waals surface area contributed by atoms with Crippen molar-refractivity contribution in [1.29, 1.82) is 0 Å². The molecule has 0 radical (unpaired) electrons. The summed E-state index contributed by atoms with van der Waals surface area (Å²) in [6.45, 7) is 8.32. The number of hydrogen-bond acceptors (Lipinski definition) is 5. The SMILES string of the molecule is COC1(c2nc3c(C)cc(N4CCC(C)C4)cn3n2)CC(C)C1C(=O)O.c1ccccc1. The van der Waals surface area contributed by atoms with Gasteiger partial charge in [0, 0.05) is 20.2 Å². The standard InChI is InChI=1S/C19H26N4O3.C6H6/c1-11-5-6-22(9-11)14-7-12(2)16-20-18(21-23(16)10-14)19(26-4)8-13(3)15(19)17(24)25;1-2-4-6-5-3-1/h7,10-11,13,15H,5-6,8-9H2,1-4H3,(H,24,25);1-6H. The molecule has 1 N–H and O–H groups in total. The second-order valence-corrected chi connectivity index (χ2v) is 9.17. The molecule has 2 aromatic heterocycles. The monoisotopic (exact) mass is 436 g/mol. The van der Waals surface area contributed by atoms with E-state index in [1.54, 1.807) is 11.6 Å². The fourth-order valence-electron chi connectivity index (χ4n) is 5.03. The quantitative estimate of drug-likeness (QED) is 0.662. The average Bonchev–Trinajstić information content (AvgIpc) is 3.39. The minimum absolute atomic E-state index is 0.0433. The molecule has 7 heteroatoms. The lowest BCUT2D eigenvalue weighted by molar-refractivity contribution is -0.196. The molecule has 1 aromatic carbocycles. The van der Waals surface area contributed by atoms with Crippen molar-refractivity contribution in [3.63, 3.8) is 0 Å². The van der Waals surface area contributed by atoms with Crippen molar-refractivity contribution in [3.05, 3.63) is 60.0 Å². The van der Waals surface area contributed by atoms with Crippen LogP contribution in [-0.2, 0) is 15.1 Å². The maximum Gasteiger partial charge on any atom is 0.310 e. The van der Waals surface area contributed by atoms with E-state index in [4.69, 9.17) is 4.74 Å². The van der Waals surface area contributed by atoms with E-state index in [0.717, 1.165) is 30.0 Å². The van der Waals surface area contributed by atoms with Crippen LogP contribution in [0.5, 0.6) is 0 Å². The van der Waals surface area contributed by atoms with Crippen LogP contribution in [0.15, 0.2) is 48.7 Å². The number of rotatable bonds is 4. The summed E-state index contributed by atoms with van der Waals surface area (Å²) < 4.78 is 7.47. The van der Waals surface area contributed by atoms with E-state index in [1.165, 1.54) is 6.42 Å². The van der Waals surface area contributed by atoms with Crippen LogP contribution in [0.1, 0.15) is 38.1 Å². The zero-order valence-electron chi connectivity index (χ0n) is 19.2. The highest BCUT2D eigenvalue weighted by Crippen LogP contribution is 2.52. The number of anilines is 1. The van der Waals surface area contributed by atoms with E-state index in [1.807, 2.05) is 56.4 Å².